The lowest BCUT2D eigenvalue weighted by molar-refractivity contribution is -0.137. The van der Waals surface area contributed by atoms with Crippen LogP contribution in [0.5, 0.6) is 5.75 Å². The Morgan fingerprint density at radius 3 is 2.59 bits per heavy atom. The van der Waals surface area contributed by atoms with E-state index in [0.29, 0.717) is 35.9 Å². The van der Waals surface area contributed by atoms with Gasteiger partial charge in [0.25, 0.3) is 0 Å². The summed E-state index contributed by atoms with van der Waals surface area (Å²) >= 11 is 0. The molecule has 0 aliphatic carbocycles. The third-order valence-corrected chi connectivity index (χ3v) is 4.62. The molecule has 0 atom stereocenters. The number of nitrogens with zero attached hydrogens (tertiary/aromatic N) is 2. The normalized spacial score (nSPS) is 13.1. The quantitative estimate of drug-likeness (QED) is 0.591. The summed E-state index contributed by atoms with van der Waals surface area (Å²) in [6.07, 6.45) is -2.76. The van der Waals surface area contributed by atoms with E-state index in [-0.39, 0.29) is 12.3 Å². The minimum Gasteiger partial charge on any atom is -0.491 e. The Morgan fingerprint density at radius 1 is 1.17 bits per heavy atom. The van der Waals surface area contributed by atoms with Crippen LogP contribution in [0.15, 0.2) is 48.7 Å². The zero-order chi connectivity index (χ0) is 20.6. The Kier molecular flexibility index (Phi) is 4.77. The van der Waals surface area contributed by atoms with E-state index in [1.807, 2.05) is 4.57 Å². The van der Waals surface area contributed by atoms with Crippen LogP contribution >= 0.6 is 0 Å². The van der Waals surface area contributed by atoms with Gasteiger partial charge in [-0.25, -0.2) is 9.78 Å². The van der Waals surface area contributed by atoms with Crippen molar-refractivity contribution in [3.63, 3.8) is 0 Å². The second-order valence-corrected chi connectivity index (χ2v) is 6.50. The van der Waals surface area contributed by atoms with Gasteiger partial charge in [-0.3, -0.25) is 0 Å². The van der Waals surface area contributed by atoms with Crippen LogP contribution in [0, 0.1) is 0 Å². The Morgan fingerprint density at radius 2 is 1.90 bits per heavy atom. The van der Waals surface area contributed by atoms with Crippen molar-refractivity contribution in [2.75, 3.05) is 13.2 Å². The number of ether oxygens (including phenoxy) is 2. The van der Waals surface area contributed by atoms with E-state index >= 15 is 0 Å². The number of aromatic nitrogens is 2. The van der Waals surface area contributed by atoms with Gasteiger partial charge in [0, 0.05) is 6.20 Å². The van der Waals surface area contributed by atoms with Crippen molar-refractivity contribution >= 4 is 5.97 Å². The standard InChI is InChI=1S/C21H17F3N2O3/c1-2-28-20(27)17-12-26-9-10-29-18-8-5-14(11-16(18)19(26)25-17)13-3-6-15(7-4-13)21(22,23)24/h3-8,11-12H,2,9-10H2,1H3. The second-order valence-electron chi connectivity index (χ2n) is 6.50. The van der Waals surface area contributed by atoms with Gasteiger partial charge >= 0.3 is 12.1 Å². The van der Waals surface area contributed by atoms with Crippen LogP contribution < -0.4 is 4.74 Å². The fourth-order valence-corrected chi connectivity index (χ4v) is 3.22. The maximum atomic E-state index is 12.8. The third-order valence-electron chi connectivity index (χ3n) is 4.62. The molecule has 3 aromatic rings. The number of alkyl halides is 3. The summed E-state index contributed by atoms with van der Waals surface area (Å²) < 4.78 is 51.0. The number of fused-ring (bicyclic) bond motifs is 3. The molecular formula is C21H17F3N2O3. The molecule has 29 heavy (non-hydrogen) atoms. The first-order valence-electron chi connectivity index (χ1n) is 9.06. The van der Waals surface area contributed by atoms with Crippen LogP contribution in [-0.2, 0) is 17.5 Å². The summed E-state index contributed by atoms with van der Waals surface area (Å²) in [6.45, 7) is 2.88. The molecule has 0 bridgehead atoms. The molecule has 0 spiro atoms. The molecule has 2 heterocycles. The fraction of sp³-hybridized carbons (Fsp3) is 0.238. The molecule has 0 N–H and O–H groups in total. The second kappa shape index (κ2) is 7.27. The van der Waals surface area contributed by atoms with Crippen LogP contribution in [0.4, 0.5) is 13.2 Å². The Labute approximate surface area is 164 Å². The average Bonchev–Trinajstić information content (AvgIpc) is 3.04. The number of rotatable bonds is 3. The lowest BCUT2D eigenvalue weighted by Gasteiger charge is -2.11. The Bertz CT molecular complexity index is 1060. The number of hydrogen-bond acceptors (Lipinski definition) is 4. The van der Waals surface area contributed by atoms with Crippen LogP contribution in [0.1, 0.15) is 23.0 Å². The van der Waals surface area contributed by atoms with Crippen LogP contribution in [-0.4, -0.2) is 28.7 Å². The summed E-state index contributed by atoms with van der Waals surface area (Å²) in [5.74, 6) is 0.643. The highest BCUT2D eigenvalue weighted by atomic mass is 19.4. The first-order valence-corrected chi connectivity index (χ1v) is 9.06. The smallest absolute Gasteiger partial charge is 0.416 e. The lowest BCUT2D eigenvalue weighted by Crippen LogP contribution is -2.06. The van der Waals surface area contributed by atoms with Gasteiger partial charge < -0.3 is 14.0 Å². The molecule has 0 amide bonds. The van der Waals surface area contributed by atoms with Crippen molar-refractivity contribution < 1.29 is 27.4 Å². The van der Waals surface area contributed by atoms with E-state index < -0.39 is 17.7 Å². The number of benzene rings is 2. The predicted molar refractivity (Wildman–Crippen MR) is 99.6 cm³/mol. The van der Waals surface area contributed by atoms with Crippen LogP contribution in [0.25, 0.3) is 22.5 Å². The highest BCUT2D eigenvalue weighted by Crippen LogP contribution is 2.37. The van der Waals surface area contributed by atoms with Crippen molar-refractivity contribution in [2.24, 2.45) is 0 Å². The summed E-state index contributed by atoms with van der Waals surface area (Å²) in [6, 6.07) is 10.3. The summed E-state index contributed by atoms with van der Waals surface area (Å²) in [5, 5.41) is 0. The van der Waals surface area contributed by atoms with Crippen molar-refractivity contribution in [1.82, 2.24) is 9.55 Å². The average molecular weight is 402 g/mol. The molecule has 8 heteroatoms. The summed E-state index contributed by atoms with van der Waals surface area (Å²) in [4.78, 5) is 16.5. The zero-order valence-corrected chi connectivity index (χ0v) is 15.5. The van der Waals surface area contributed by atoms with Crippen molar-refractivity contribution in [1.29, 1.82) is 0 Å². The van der Waals surface area contributed by atoms with Gasteiger partial charge in [-0.2, -0.15) is 13.2 Å². The maximum Gasteiger partial charge on any atom is 0.416 e. The Balaban J connectivity index is 1.75. The third kappa shape index (κ3) is 3.70. The van der Waals surface area contributed by atoms with E-state index in [9.17, 15) is 18.0 Å². The van der Waals surface area contributed by atoms with Gasteiger partial charge in [-0.05, 0) is 42.3 Å². The number of hydrogen-bond donors (Lipinski definition) is 0. The van der Waals surface area contributed by atoms with E-state index in [1.54, 1.807) is 31.3 Å². The van der Waals surface area contributed by atoms with Crippen molar-refractivity contribution in [3.8, 4) is 28.3 Å². The highest BCUT2D eigenvalue weighted by Gasteiger charge is 2.30. The van der Waals surface area contributed by atoms with E-state index in [4.69, 9.17) is 9.47 Å². The maximum absolute atomic E-state index is 12.8. The van der Waals surface area contributed by atoms with Gasteiger partial charge in [0.15, 0.2) is 5.69 Å². The molecule has 0 unspecified atom stereocenters. The number of esters is 1. The molecule has 2 aromatic carbocycles. The van der Waals surface area contributed by atoms with E-state index in [0.717, 1.165) is 17.7 Å². The van der Waals surface area contributed by atoms with Gasteiger partial charge in [0.05, 0.1) is 24.3 Å². The van der Waals surface area contributed by atoms with E-state index in [2.05, 4.69) is 4.98 Å². The summed E-state index contributed by atoms with van der Waals surface area (Å²) in [5.41, 5.74) is 1.52. The molecule has 5 nitrogen and oxygen atoms in total. The number of carbonyl (C=O) groups excluding carboxylic acids is 1. The van der Waals surface area contributed by atoms with Gasteiger partial charge in [0.1, 0.15) is 18.2 Å². The molecule has 1 aliphatic rings. The molecule has 0 radical (unpaired) electrons. The highest BCUT2D eigenvalue weighted by molar-refractivity contribution is 5.88. The molecule has 0 saturated heterocycles. The minimum absolute atomic E-state index is 0.203. The molecule has 4 rings (SSSR count). The van der Waals surface area contributed by atoms with Gasteiger partial charge in [-0.15, -0.1) is 0 Å². The Hall–Kier alpha value is -3.29. The van der Waals surface area contributed by atoms with Crippen molar-refractivity contribution in [2.45, 2.75) is 19.6 Å². The molecule has 1 aliphatic heterocycles. The molecule has 0 saturated carbocycles. The number of halogens is 3. The molecule has 150 valence electrons. The van der Waals surface area contributed by atoms with Crippen molar-refractivity contribution in [3.05, 3.63) is 59.9 Å². The SMILES string of the molecule is CCOC(=O)c1cn2c(n1)-c1cc(-c3ccc(C(F)(F)F)cc3)ccc1OCC2. The first-order chi connectivity index (χ1) is 13.9. The molecule has 0 fully saturated rings. The summed E-state index contributed by atoms with van der Waals surface area (Å²) in [7, 11) is 0. The largest absolute Gasteiger partial charge is 0.491 e. The van der Waals surface area contributed by atoms with Crippen LogP contribution in [0.2, 0.25) is 0 Å². The monoisotopic (exact) mass is 402 g/mol. The minimum atomic E-state index is -4.38. The first kappa shape index (κ1) is 19.0. The van der Waals surface area contributed by atoms with Gasteiger partial charge in [-0.1, -0.05) is 18.2 Å². The lowest BCUT2D eigenvalue weighted by atomic mass is 10.0. The topological polar surface area (TPSA) is 53.4 Å². The molecular weight excluding hydrogens is 385 g/mol. The van der Waals surface area contributed by atoms with E-state index in [1.165, 1.54) is 12.1 Å². The fourth-order valence-electron chi connectivity index (χ4n) is 3.22. The number of imidazole rings is 1. The van der Waals surface area contributed by atoms with Crippen LogP contribution in [0.3, 0.4) is 0 Å². The van der Waals surface area contributed by atoms with Gasteiger partial charge in [0.2, 0.25) is 0 Å². The zero-order valence-electron chi connectivity index (χ0n) is 15.5. The number of carbonyl (C=O) groups is 1. The predicted octanol–water partition coefficient (Wildman–Crippen LogP) is 4.81. The molecule has 1 aromatic heterocycles.